The topological polar surface area (TPSA) is 72.6 Å². The lowest BCUT2D eigenvalue weighted by Crippen LogP contribution is -1.98. The molecular weight excluding hydrogens is 260 g/mol. The van der Waals surface area contributed by atoms with E-state index < -0.39 is 17.6 Å². The van der Waals surface area contributed by atoms with E-state index >= 15 is 0 Å². The molecule has 100 valence electrons. The SMILES string of the molecule is COCc1ccc(-c2cc(C(=O)O)no2)c(F)c1F. The highest BCUT2D eigenvalue weighted by atomic mass is 19.2. The third kappa shape index (κ3) is 2.45. The first-order valence-electron chi connectivity index (χ1n) is 5.20. The zero-order chi connectivity index (χ0) is 14.0. The van der Waals surface area contributed by atoms with Crippen molar-refractivity contribution >= 4 is 5.97 Å². The standard InChI is InChI=1S/C12H9F2NO4/c1-18-5-6-2-3-7(11(14)10(6)13)9-4-8(12(16)17)15-19-9/h2-4H,5H2,1H3,(H,16,17). The summed E-state index contributed by atoms with van der Waals surface area (Å²) in [6, 6.07) is 3.63. The number of carboxylic acids is 1. The van der Waals surface area contributed by atoms with Gasteiger partial charge in [-0.3, -0.25) is 0 Å². The molecule has 1 heterocycles. The summed E-state index contributed by atoms with van der Waals surface area (Å²) in [5.74, 6) is -3.67. The second-order valence-corrected chi connectivity index (χ2v) is 3.71. The normalized spacial score (nSPS) is 10.7. The van der Waals surface area contributed by atoms with Crippen LogP contribution in [0.15, 0.2) is 22.7 Å². The van der Waals surface area contributed by atoms with Gasteiger partial charge in [-0.2, -0.15) is 0 Å². The van der Waals surface area contributed by atoms with Gasteiger partial charge in [0.1, 0.15) is 0 Å². The van der Waals surface area contributed by atoms with Gasteiger partial charge >= 0.3 is 5.97 Å². The maximum atomic E-state index is 13.8. The molecule has 0 fully saturated rings. The average molecular weight is 269 g/mol. The van der Waals surface area contributed by atoms with Gasteiger partial charge in [-0.1, -0.05) is 11.2 Å². The minimum atomic E-state index is -1.31. The average Bonchev–Trinajstić information content (AvgIpc) is 2.85. The largest absolute Gasteiger partial charge is 0.476 e. The Labute approximate surface area is 106 Å². The number of carbonyl (C=O) groups is 1. The molecule has 0 aliphatic heterocycles. The van der Waals surface area contributed by atoms with Crippen molar-refractivity contribution < 1.29 is 27.9 Å². The summed E-state index contributed by atoms with van der Waals surface area (Å²) < 4.78 is 36.9. The van der Waals surface area contributed by atoms with Crippen LogP contribution in [0.25, 0.3) is 11.3 Å². The molecule has 1 aromatic carbocycles. The number of aromatic carboxylic acids is 1. The minimum Gasteiger partial charge on any atom is -0.476 e. The minimum absolute atomic E-state index is 0.0572. The molecule has 0 bridgehead atoms. The number of halogens is 2. The fourth-order valence-electron chi connectivity index (χ4n) is 1.55. The van der Waals surface area contributed by atoms with Crippen molar-refractivity contribution in [1.82, 2.24) is 5.16 Å². The van der Waals surface area contributed by atoms with E-state index in [4.69, 9.17) is 9.84 Å². The van der Waals surface area contributed by atoms with Gasteiger partial charge in [0.05, 0.1) is 12.2 Å². The lowest BCUT2D eigenvalue weighted by atomic mass is 10.1. The highest BCUT2D eigenvalue weighted by Crippen LogP contribution is 2.27. The Morgan fingerprint density at radius 3 is 2.74 bits per heavy atom. The summed E-state index contributed by atoms with van der Waals surface area (Å²) in [6.45, 7) is -0.0696. The Morgan fingerprint density at radius 1 is 1.42 bits per heavy atom. The number of hydrogen-bond donors (Lipinski definition) is 1. The fourth-order valence-corrected chi connectivity index (χ4v) is 1.55. The van der Waals surface area contributed by atoms with Crippen LogP contribution >= 0.6 is 0 Å². The molecule has 0 saturated heterocycles. The van der Waals surface area contributed by atoms with Crippen LogP contribution in [0.4, 0.5) is 8.78 Å². The summed E-state index contributed by atoms with van der Waals surface area (Å²) in [4.78, 5) is 10.6. The zero-order valence-electron chi connectivity index (χ0n) is 9.81. The van der Waals surface area contributed by atoms with E-state index in [9.17, 15) is 13.6 Å². The summed E-state index contributed by atoms with van der Waals surface area (Å²) in [5, 5.41) is 11.9. The van der Waals surface area contributed by atoms with Crippen LogP contribution in [0.5, 0.6) is 0 Å². The number of nitrogens with zero attached hydrogens (tertiary/aromatic N) is 1. The lowest BCUT2D eigenvalue weighted by molar-refractivity contribution is 0.0686. The molecule has 7 heteroatoms. The number of rotatable bonds is 4. The van der Waals surface area contributed by atoms with E-state index in [0.29, 0.717) is 0 Å². The Morgan fingerprint density at radius 2 is 2.16 bits per heavy atom. The van der Waals surface area contributed by atoms with E-state index in [2.05, 4.69) is 9.68 Å². The van der Waals surface area contributed by atoms with Gasteiger partial charge in [0.25, 0.3) is 0 Å². The molecule has 0 radical (unpaired) electrons. The molecular formula is C12H9F2NO4. The first kappa shape index (κ1) is 13.2. The first-order chi connectivity index (χ1) is 9.04. The number of ether oxygens (including phenoxy) is 1. The number of benzene rings is 1. The van der Waals surface area contributed by atoms with Crippen LogP contribution in [0, 0.1) is 11.6 Å². The summed E-state index contributed by atoms with van der Waals surface area (Å²) in [6.07, 6.45) is 0. The van der Waals surface area contributed by atoms with Crippen molar-refractivity contribution in [1.29, 1.82) is 0 Å². The van der Waals surface area contributed by atoms with Crippen molar-refractivity contribution in [3.8, 4) is 11.3 Å². The Balaban J connectivity index is 2.45. The van der Waals surface area contributed by atoms with Crippen LogP contribution in [-0.4, -0.2) is 23.3 Å². The van der Waals surface area contributed by atoms with Crippen LogP contribution in [0.2, 0.25) is 0 Å². The van der Waals surface area contributed by atoms with Gasteiger partial charge in [0.15, 0.2) is 23.1 Å². The zero-order valence-corrected chi connectivity index (χ0v) is 9.81. The van der Waals surface area contributed by atoms with Gasteiger partial charge in [-0.05, 0) is 6.07 Å². The van der Waals surface area contributed by atoms with Gasteiger partial charge in [-0.25, -0.2) is 13.6 Å². The number of methoxy groups -OCH3 is 1. The number of carboxylic acid groups (broad SMARTS) is 1. The van der Waals surface area contributed by atoms with E-state index in [1.807, 2.05) is 0 Å². The number of aromatic nitrogens is 1. The van der Waals surface area contributed by atoms with E-state index in [0.717, 1.165) is 6.07 Å². The maximum Gasteiger partial charge on any atom is 0.358 e. The van der Waals surface area contributed by atoms with Crippen LogP contribution in [-0.2, 0) is 11.3 Å². The molecule has 0 saturated carbocycles. The van der Waals surface area contributed by atoms with Gasteiger partial charge < -0.3 is 14.4 Å². The van der Waals surface area contributed by atoms with Crippen molar-refractivity contribution in [2.45, 2.75) is 6.61 Å². The molecule has 0 aliphatic carbocycles. The molecule has 1 aromatic heterocycles. The molecule has 0 amide bonds. The predicted octanol–water partition coefficient (Wildman–Crippen LogP) is 2.46. The highest BCUT2D eigenvalue weighted by Gasteiger charge is 2.19. The van der Waals surface area contributed by atoms with Crippen molar-refractivity contribution in [2.24, 2.45) is 0 Å². The monoisotopic (exact) mass is 269 g/mol. The van der Waals surface area contributed by atoms with E-state index in [-0.39, 0.29) is 29.2 Å². The molecule has 0 unspecified atom stereocenters. The second kappa shape index (κ2) is 5.15. The molecule has 2 rings (SSSR count). The van der Waals surface area contributed by atoms with Crippen LogP contribution in [0.1, 0.15) is 16.1 Å². The van der Waals surface area contributed by atoms with Crippen LogP contribution in [0.3, 0.4) is 0 Å². The molecule has 0 aliphatic rings. The summed E-state index contributed by atoms with van der Waals surface area (Å²) in [7, 11) is 1.36. The van der Waals surface area contributed by atoms with Crippen molar-refractivity contribution in [3.05, 3.63) is 41.1 Å². The molecule has 5 nitrogen and oxygen atoms in total. The number of hydrogen-bond acceptors (Lipinski definition) is 4. The molecule has 0 spiro atoms. The summed E-state index contributed by atoms with van der Waals surface area (Å²) in [5.41, 5.74) is -0.519. The van der Waals surface area contributed by atoms with Crippen molar-refractivity contribution in [3.63, 3.8) is 0 Å². The van der Waals surface area contributed by atoms with E-state index in [1.54, 1.807) is 0 Å². The predicted molar refractivity (Wildman–Crippen MR) is 59.5 cm³/mol. The molecule has 2 aromatic rings. The highest BCUT2D eigenvalue weighted by molar-refractivity contribution is 5.86. The van der Waals surface area contributed by atoms with Crippen molar-refractivity contribution in [2.75, 3.05) is 7.11 Å². The Hall–Kier alpha value is -2.28. The van der Waals surface area contributed by atoms with Gasteiger partial charge in [0, 0.05) is 18.7 Å². The van der Waals surface area contributed by atoms with Gasteiger partial charge in [0.2, 0.25) is 0 Å². The first-order valence-corrected chi connectivity index (χ1v) is 5.20. The molecule has 1 N–H and O–H groups in total. The quantitative estimate of drug-likeness (QED) is 0.923. The molecule has 0 atom stereocenters. The van der Waals surface area contributed by atoms with Gasteiger partial charge in [-0.15, -0.1) is 0 Å². The Kier molecular flexibility index (Phi) is 3.57. The summed E-state index contributed by atoms with van der Waals surface area (Å²) >= 11 is 0. The Bertz CT molecular complexity index is 624. The van der Waals surface area contributed by atoms with E-state index in [1.165, 1.54) is 19.2 Å². The third-order valence-electron chi connectivity index (χ3n) is 2.46. The van der Waals surface area contributed by atoms with Crippen LogP contribution < -0.4 is 0 Å². The smallest absolute Gasteiger partial charge is 0.358 e. The molecule has 19 heavy (non-hydrogen) atoms. The maximum absolute atomic E-state index is 13.8. The second-order valence-electron chi connectivity index (χ2n) is 3.71. The third-order valence-corrected chi connectivity index (χ3v) is 2.46. The fraction of sp³-hybridized carbons (Fsp3) is 0.167. The lowest BCUT2D eigenvalue weighted by Gasteiger charge is -2.05.